The second kappa shape index (κ2) is 10.2. The summed E-state index contributed by atoms with van der Waals surface area (Å²) in [6.07, 6.45) is 4.46. The number of amides is 2. The third kappa shape index (κ3) is 4.77. The summed E-state index contributed by atoms with van der Waals surface area (Å²) in [5.41, 5.74) is -0.699. The predicted octanol–water partition coefficient (Wildman–Crippen LogP) is 2.65. The first-order valence-electron chi connectivity index (χ1n) is 13.7. The molecule has 0 radical (unpaired) electrons. The van der Waals surface area contributed by atoms with Crippen LogP contribution in [0.2, 0.25) is 0 Å². The van der Waals surface area contributed by atoms with Crippen LogP contribution in [0, 0.1) is 23.7 Å². The van der Waals surface area contributed by atoms with Crippen LogP contribution in [0.1, 0.15) is 78.6 Å². The maximum Gasteiger partial charge on any atom is 0.308 e. The summed E-state index contributed by atoms with van der Waals surface area (Å²) in [7, 11) is 0. The van der Waals surface area contributed by atoms with Gasteiger partial charge in [0.25, 0.3) is 0 Å². The van der Waals surface area contributed by atoms with Crippen molar-refractivity contribution in [3.05, 3.63) is 0 Å². The lowest BCUT2D eigenvalue weighted by atomic mass is 9.58. The Morgan fingerprint density at radius 1 is 1.14 bits per heavy atom. The summed E-state index contributed by atoms with van der Waals surface area (Å²) in [5.74, 6) is -0.694. The lowest BCUT2D eigenvalue weighted by molar-refractivity contribution is -0.576. The maximum absolute atomic E-state index is 12.7. The monoisotopic (exact) mass is 508 g/mol. The maximum atomic E-state index is 12.7. The standard InChI is InChI=1S/C26H40N2O8/c1-16-7-8-19-17(2)23(33-24-26(19)18(16)11-12-25(3,34-24)35-36-26)32-22(31)10-9-20(29)27-13-5-15-28-14-4-6-21(28)30/h16-19,23-24H,4-15H2,1-3H3,(H,27,29)/t16-,17-,18-,19+,23-,24-,25+,26-/m1/s1. The van der Waals surface area contributed by atoms with Crippen molar-refractivity contribution in [3.63, 3.8) is 0 Å². The van der Waals surface area contributed by atoms with Crippen molar-refractivity contribution in [1.82, 2.24) is 10.2 Å². The second-order valence-electron chi connectivity index (χ2n) is 11.5. The summed E-state index contributed by atoms with van der Waals surface area (Å²) in [4.78, 5) is 50.2. The molecule has 1 N–H and O–H groups in total. The molecule has 5 aliphatic heterocycles. The summed E-state index contributed by atoms with van der Waals surface area (Å²) in [6.45, 7) is 8.07. The van der Waals surface area contributed by atoms with Gasteiger partial charge in [-0.1, -0.05) is 13.8 Å². The molecule has 0 unspecified atom stereocenters. The quantitative estimate of drug-likeness (QED) is 0.303. The number of esters is 1. The molecule has 6 aliphatic rings. The summed E-state index contributed by atoms with van der Waals surface area (Å²) in [6, 6.07) is 0. The van der Waals surface area contributed by atoms with Gasteiger partial charge < -0.3 is 24.4 Å². The Kier molecular flexibility index (Phi) is 7.33. The fraction of sp³-hybridized carbons (Fsp3) is 0.885. The molecular weight excluding hydrogens is 468 g/mol. The highest BCUT2D eigenvalue weighted by atomic mass is 17.3. The molecule has 2 amide bonds. The Hall–Kier alpha value is -1.75. The van der Waals surface area contributed by atoms with Gasteiger partial charge in [-0.2, -0.15) is 0 Å². The molecule has 10 nitrogen and oxygen atoms in total. The molecule has 10 heteroatoms. The van der Waals surface area contributed by atoms with Crippen molar-refractivity contribution in [2.24, 2.45) is 23.7 Å². The van der Waals surface area contributed by atoms with E-state index in [-0.39, 0.29) is 42.4 Å². The second-order valence-corrected chi connectivity index (χ2v) is 11.5. The minimum Gasteiger partial charge on any atom is -0.435 e. The van der Waals surface area contributed by atoms with Gasteiger partial charge in [-0.25, -0.2) is 9.78 Å². The van der Waals surface area contributed by atoms with Crippen molar-refractivity contribution >= 4 is 17.8 Å². The lowest BCUT2D eigenvalue weighted by Gasteiger charge is -2.59. The van der Waals surface area contributed by atoms with E-state index < -0.39 is 29.9 Å². The van der Waals surface area contributed by atoms with Crippen LogP contribution in [-0.4, -0.2) is 66.3 Å². The van der Waals surface area contributed by atoms with E-state index in [1.165, 1.54) is 0 Å². The number of likely N-dealkylation sites (tertiary alicyclic amines) is 1. The first kappa shape index (κ1) is 25.9. The van der Waals surface area contributed by atoms with Gasteiger partial charge in [-0.05, 0) is 50.9 Å². The van der Waals surface area contributed by atoms with Gasteiger partial charge in [0, 0.05) is 50.7 Å². The van der Waals surface area contributed by atoms with Crippen LogP contribution < -0.4 is 5.32 Å². The van der Waals surface area contributed by atoms with Crippen molar-refractivity contribution in [3.8, 4) is 0 Å². The molecule has 5 saturated heterocycles. The van der Waals surface area contributed by atoms with Crippen LogP contribution in [0.5, 0.6) is 0 Å². The van der Waals surface area contributed by atoms with Crippen LogP contribution in [0.25, 0.3) is 0 Å². The molecule has 6 fully saturated rings. The third-order valence-electron chi connectivity index (χ3n) is 9.00. The van der Waals surface area contributed by atoms with Crippen LogP contribution in [-0.2, 0) is 38.4 Å². The number of carbonyl (C=O) groups is 3. The van der Waals surface area contributed by atoms with Gasteiger partial charge in [0.05, 0.1) is 6.42 Å². The Morgan fingerprint density at radius 3 is 2.75 bits per heavy atom. The average molecular weight is 509 g/mol. The van der Waals surface area contributed by atoms with E-state index in [0.29, 0.717) is 31.8 Å². The highest BCUT2D eigenvalue weighted by Crippen LogP contribution is 2.60. The van der Waals surface area contributed by atoms with Gasteiger partial charge in [-0.15, -0.1) is 0 Å². The fourth-order valence-corrected chi connectivity index (χ4v) is 6.94. The van der Waals surface area contributed by atoms with E-state index in [1.807, 2.05) is 18.7 Å². The van der Waals surface area contributed by atoms with Crippen LogP contribution in [0.3, 0.4) is 0 Å². The van der Waals surface area contributed by atoms with Crippen LogP contribution in [0.4, 0.5) is 0 Å². The molecule has 0 aromatic rings. The minimum atomic E-state index is -0.882. The van der Waals surface area contributed by atoms with Crippen molar-refractivity contribution in [2.75, 3.05) is 19.6 Å². The first-order chi connectivity index (χ1) is 17.2. The molecule has 0 aromatic heterocycles. The van der Waals surface area contributed by atoms with E-state index in [2.05, 4.69) is 12.2 Å². The van der Waals surface area contributed by atoms with Crippen LogP contribution >= 0.6 is 0 Å². The largest absolute Gasteiger partial charge is 0.435 e. The first-order valence-corrected chi connectivity index (χ1v) is 13.7. The molecule has 2 bridgehead atoms. The topological polar surface area (TPSA) is 113 Å². The number of rotatable bonds is 8. The highest BCUT2D eigenvalue weighted by Gasteiger charge is 2.69. The minimum absolute atomic E-state index is 0.0264. The molecule has 8 atom stereocenters. The molecule has 1 spiro atoms. The Morgan fingerprint density at radius 2 is 1.97 bits per heavy atom. The molecular formula is C26H40N2O8. The zero-order valence-corrected chi connectivity index (χ0v) is 21.7. The lowest BCUT2D eigenvalue weighted by Crippen LogP contribution is -2.70. The van der Waals surface area contributed by atoms with Gasteiger partial charge in [0.1, 0.15) is 0 Å². The number of nitrogens with zero attached hydrogens (tertiary/aromatic N) is 1. The van der Waals surface area contributed by atoms with Gasteiger partial charge in [0.15, 0.2) is 11.9 Å². The SMILES string of the molecule is C[C@H]1[C@H](OC(=O)CCC(=O)NCCCN2CCCC2=O)O[C@@H]2O[C@]3(C)CC[C@@H]4[C@H](C)CC[C@@H]1[C@@]24OO3. The molecule has 36 heavy (non-hydrogen) atoms. The van der Waals surface area contributed by atoms with Gasteiger partial charge in [0.2, 0.25) is 23.9 Å². The molecule has 6 rings (SSSR count). The van der Waals surface area contributed by atoms with Crippen molar-refractivity contribution in [2.45, 2.75) is 103 Å². The molecule has 1 aliphatic carbocycles. The normalized spacial score (nSPS) is 41.5. The average Bonchev–Trinajstić information content (AvgIpc) is 3.12. The predicted molar refractivity (Wildman–Crippen MR) is 126 cm³/mol. The third-order valence-corrected chi connectivity index (χ3v) is 9.00. The Balaban J connectivity index is 1.12. The van der Waals surface area contributed by atoms with E-state index >= 15 is 0 Å². The summed E-state index contributed by atoms with van der Waals surface area (Å²) < 4.78 is 18.3. The number of nitrogens with one attached hydrogen (secondary N) is 1. The number of hydrogen-bond acceptors (Lipinski definition) is 8. The van der Waals surface area contributed by atoms with Crippen molar-refractivity contribution < 1.29 is 38.4 Å². The highest BCUT2D eigenvalue weighted by molar-refractivity contribution is 5.81. The molecule has 1 saturated carbocycles. The Labute approximate surface area is 212 Å². The number of carbonyl (C=O) groups excluding carboxylic acids is 3. The van der Waals surface area contributed by atoms with Crippen molar-refractivity contribution in [1.29, 1.82) is 0 Å². The van der Waals surface area contributed by atoms with E-state index in [4.69, 9.17) is 24.0 Å². The van der Waals surface area contributed by atoms with E-state index in [9.17, 15) is 14.4 Å². The molecule has 5 heterocycles. The van der Waals surface area contributed by atoms with Crippen LogP contribution in [0.15, 0.2) is 0 Å². The number of fused-ring (bicyclic) bond motifs is 2. The molecule has 202 valence electrons. The zero-order chi connectivity index (χ0) is 25.5. The van der Waals surface area contributed by atoms with E-state index in [0.717, 1.165) is 38.6 Å². The summed E-state index contributed by atoms with van der Waals surface area (Å²) >= 11 is 0. The fourth-order valence-electron chi connectivity index (χ4n) is 6.94. The molecule has 0 aromatic carbocycles. The van der Waals surface area contributed by atoms with E-state index in [1.54, 1.807) is 0 Å². The number of ether oxygens (including phenoxy) is 3. The van der Waals surface area contributed by atoms with Gasteiger partial charge >= 0.3 is 5.97 Å². The number of hydrogen-bond donors (Lipinski definition) is 1. The van der Waals surface area contributed by atoms with Gasteiger partial charge in [-0.3, -0.25) is 14.4 Å². The Bertz CT molecular complexity index is 869. The zero-order valence-electron chi connectivity index (χ0n) is 21.7. The smallest absolute Gasteiger partial charge is 0.308 e. The summed E-state index contributed by atoms with van der Waals surface area (Å²) in [5, 5.41) is 2.82.